The summed E-state index contributed by atoms with van der Waals surface area (Å²) in [6, 6.07) is 5.22. The summed E-state index contributed by atoms with van der Waals surface area (Å²) < 4.78 is 30.9. The Morgan fingerprint density at radius 2 is 1.82 bits per heavy atom. The molecule has 1 aliphatic carbocycles. The van der Waals surface area contributed by atoms with Gasteiger partial charge in [-0.2, -0.15) is 0 Å². The zero-order valence-electron chi connectivity index (χ0n) is 23.2. The number of carbonyl (C=O) groups excluding carboxylic acids is 2. The molecule has 1 saturated heterocycles. The van der Waals surface area contributed by atoms with Gasteiger partial charge in [-0.3, -0.25) is 4.79 Å². The Labute approximate surface area is 244 Å². The minimum atomic E-state index is -1.58. The van der Waals surface area contributed by atoms with Crippen LogP contribution in [0, 0.1) is 17.0 Å². The third-order valence-corrected chi connectivity index (χ3v) is 8.84. The molecule has 2 aromatic carbocycles. The predicted molar refractivity (Wildman–Crippen MR) is 154 cm³/mol. The van der Waals surface area contributed by atoms with Crippen LogP contribution in [0.3, 0.4) is 0 Å². The maximum absolute atomic E-state index is 15.8. The minimum absolute atomic E-state index is 0.0835. The second kappa shape index (κ2) is 11.9. The van der Waals surface area contributed by atoms with Crippen LogP contribution in [0.2, 0.25) is 10.0 Å². The summed E-state index contributed by atoms with van der Waals surface area (Å²) >= 11 is 12.3. The van der Waals surface area contributed by atoms with Crippen molar-refractivity contribution in [3.05, 3.63) is 63.1 Å². The normalized spacial score (nSPS) is 28.8. The molecule has 4 atom stereocenters. The Hall–Kier alpha value is -2.26. The number of hydrogen-bond acceptors (Lipinski definition) is 5. The third-order valence-electron chi connectivity index (χ3n) is 8.26. The van der Waals surface area contributed by atoms with Crippen molar-refractivity contribution in [3.8, 4) is 0 Å². The van der Waals surface area contributed by atoms with Gasteiger partial charge in [0, 0.05) is 30.7 Å². The molecular formula is C30H37Cl2F2N3O3. The number of aliphatic hydroxyl groups is 1. The second-order valence-corrected chi connectivity index (χ2v) is 13.0. The zero-order chi connectivity index (χ0) is 29.4. The minimum Gasteiger partial charge on any atom is -0.393 e. The van der Waals surface area contributed by atoms with Crippen LogP contribution in [-0.4, -0.2) is 48.6 Å². The summed E-state index contributed by atoms with van der Waals surface area (Å²) in [7, 11) is 1.63. The van der Waals surface area contributed by atoms with E-state index in [4.69, 9.17) is 23.2 Å². The van der Waals surface area contributed by atoms with Gasteiger partial charge >= 0.3 is 0 Å². The molecule has 2 aliphatic rings. The van der Waals surface area contributed by atoms with Gasteiger partial charge < -0.3 is 25.9 Å². The fourth-order valence-corrected chi connectivity index (χ4v) is 6.75. The number of amides is 1. The van der Waals surface area contributed by atoms with Gasteiger partial charge in [-0.05, 0) is 66.8 Å². The molecule has 4 N–H and O–H groups in total. The van der Waals surface area contributed by atoms with Crippen LogP contribution in [0.25, 0.3) is 0 Å². The number of aldehydes is 1. The molecule has 2 fully saturated rings. The van der Waals surface area contributed by atoms with Gasteiger partial charge in [-0.1, -0.05) is 56.1 Å². The molecule has 0 bridgehead atoms. The lowest BCUT2D eigenvalue weighted by atomic mass is 9.62. The molecule has 4 unspecified atom stereocenters. The van der Waals surface area contributed by atoms with Crippen molar-refractivity contribution in [2.45, 2.75) is 88.4 Å². The van der Waals surface area contributed by atoms with E-state index in [1.807, 2.05) is 20.8 Å². The van der Waals surface area contributed by atoms with Gasteiger partial charge in [0.1, 0.15) is 17.9 Å². The molecule has 40 heavy (non-hydrogen) atoms. The smallest absolute Gasteiger partial charge is 0.238 e. The maximum atomic E-state index is 15.8. The molecule has 1 amide bonds. The highest BCUT2D eigenvalue weighted by Gasteiger charge is 2.60. The Morgan fingerprint density at radius 3 is 2.42 bits per heavy atom. The number of halogens is 4. The first-order valence-corrected chi connectivity index (χ1v) is 14.4. The van der Waals surface area contributed by atoms with Crippen LogP contribution in [0.5, 0.6) is 0 Å². The Bertz CT molecular complexity index is 1260. The Morgan fingerprint density at radius 1 is 1.15 bits per heavy atom. The fraction of sp³-hybridized carbons (Fsp3) is 0.533. The highest BCUT2D eigenvalue weighted by atomic mass is 35.5. The number of hydrogen-bond donors (Lipinski definition) is 4. The Kier molecular flexibility index (Phi) is 9.15. The second-order valence-electron chi connectivity index (χ2n) is 12.2. The standard InChI is InChI=1S/C30H37Cl2F2N3O3/c1-29(2,3)14-24-30(15-38,19-12-22(33)21(32)13-23(19)35-4)25(18-6-5-7-20(31)26(18)34)27(37-24)28(40)36-16-8-10-17(39)11-9-16/h5-7,12-13,15-17,24-25,27,35,37,39H,8-11,14H2,1-4H3,(H,36,40). The van der Waals surface area contributed by atoms with Gasteiger partial charge in [-0.15, -0.1) is 0 Å². The summed E-state index contributed by atoms with van der Waals surface area (Å²) in [5.74, 6) is -2.94. The van der Waals surface area contributed by atoms with Crippen molar-refractivity contribution in [2.24, 2.45) is 5.41 Å². The first-order chi connectivity index (χ1) is 18.8. The molecule has 0 spiro atoms. The van der Waals surface area contributed by atoms with E-state index >= 15 is 8.78 Å². The number of benzene rings is 2. The quantitative estimate of drug-likeness (QED) is 0.307. The fourth-order valence-electron chi connectivity index (χ4n) is 6.41. The third kappa shape index (κ3) is 5.87. The average molecular weight is 597 g/mol. The lowest BCUT2D eigenvalue weighted by Crippen LogP contribution is -2.49. The molecule has 218 valence electrons. The number of nitrogens with one attached hydrogen (secondary N) is 3. The van der Waals surface area contributed by atoms with E-state index in [2.05, 4.69) is 16.0 Å². The highest BCUT2D eigenvalue weighted by molar-refractivity contribution is 6.31. The molecular weight excluding hydrogens is 559 g/mol. The van der Waals surface area contributed by atoms with Crippen molar-refractivity contribution in [2.75, 3.05) is 12.4 Å². The van der Waals surface area contributed by atoms with Crippen LogP contribution < -0.4 is 16.0 Å². The molecule has 0 aromatic heterocycles. The van der Waals surface area contributed by atoms with Gasteiger partial charge in [-0.25, -0.2) is 8.78 Å². The maximum Gasteiger partial charge on any atom is 0.238 e. The average Bonchev–Trinajstić information content (AvgIpc) is 3.21. The summed E-state index contributed by atoms with van der Waals surface area (Å²) in [4.78, 5) is 27.5. The molecule has 1 saturated carbocycles. The van der Waals surface area contributed by atoms with E-state index in [0.717, 1.165) is 6.29 Å². The SMILES string of the molecule is CNc1cc(Cl)c(F)cc1C1(C=O)C(CC(C)(C)C)NC(C(=O)NC2CCC(O)CC2)C1c1cccc(Cl)c1F. The van der Waals surface area contributed by atoms with E-state index in [1.165, 1.54) is 24.3 Å². The topological polar surface area (TPSA) is 90.5 Å². The number of carbonyl (C=O) groups is 2. The molecule has 1 heterocycles. The van der Waals surface area contributed by atoms with Crippen molar-refractivity contribution in [1.29, 1.82) is 0 Å². The summed E-state index contributed by atoms with van der Waals surface area (Å²) in [5.41, 5.74) is -1.14. The highest BCUT2D eigenvalue weighted by Crippen LogP contribution is 2.53. The van der Waals surface area contributed by atoms with Gasteiger partial charge in [0.2, 0.25) is 5.91 Å². The summed E-state index contributed by atoms with van der Waals surface area (Å²) in [6.45, 7) is 6.00. The summed E-state index contributed by atoms with van der Waals surface area (Å²) in [6.07, 6.45) is 3.07. The van der Waals surface area contributed by atoms with E-state index in [1.54, 1.807) is 13.1 Å². The predicted octanol–water partition coefficient (Wildman–Crippen LogP) is 5.73. The van der Waals surface area contributed by atoms with E-state index in [9.17, 15) is 14.7 Å². The molecule has 0 radical (unpaired) electrons. The first-order valence-electron chi connectivity index (χ1n) is 13.6. The van der Waals surface area contributed by atoms with Crippen LogP contribution in [0.15, 0.2) is 30.3 Å². The summed E-state index contributed by atoms with van der Waals surface area (Å²) in [5, 5.41) is 19.1. The monoisotopic (exact) mass is 595 g/mol. The van der Waals surface area contributed by atoms with Gasteiger partial charge in [0.15, 0.2) is 0 Å². The van der Waals surface area contributed by atoms with Crippen molar-refractivity contribution >= 4 is 41.1 Å². The van der Waals surface area contributed by atoms with Gasteiger partial charge in [0.05, 0.1) is 27.6 Å². The number of anilines is 1. The molecule has 6 nitrogen and oxygen atoms in total. The van der Waals surface area contributed by atoms with E-state index < -0.39 is 47.1 Å². The molecule has 1 aliphatic heterocycles. The Balaban J connectivity index is 1.95. The molecule has 2 aromatic rings. The molecule has 10 heteroatoms. The largest absolute Gasteiger partial charge is 0.393 e. The number of rotatable bonds is 7. The van der Waals surface area contributed by atoms with Gasteiger partial charge in [0.25, 0.3) is 0 Å². The van der Waals surface area contributed by atoms with Crippen LogP contribution >= 0.6 is 23.2 Å². The van der Waals surface area contributed by atoms with E-state index in [0.29, 0.717) is 37.8 Å². The van der Waals surface area contributed by atoms with Crippen molar-refractivity contribution in [1.82, 2.24) is 10.6 Å². The zero-order valence-corrected chi connectivity index (χ0v) is 24.7. The molecule has 4 rings (SSSR count). The van der Waals surface area contributed by atoms with Crippen molar-refractivity contribution < 1.29 is 23.5 Å². The first kappa shape index (κ1) is 30.7. The number of aliphatic hydroxyl groups excluding tert-OH is 1. The van der Waals surface area contributed by atoms with Crippen LogP contribution in [0.1, 0.15) is 69.9 Å². The van der Waals surface area contributed by atoms with E-state index in [-0.39, 0.29) is 32.6 Å². The van der Waals surface area contributed by atoms with Crippen molar-refractivity contribution in [3.63, 3.8) is 0 Å². The van der Waals surface area contributed by atoms with Crippen LogP contribution in [-0.2, 0) is 15.0 Å². The van der Waals surface area contributed by atoms with Crippen LogP contribution in [0.4, 0.5) is 14.5 Å². The lowest BCUT2D eigenvalue weighted by molar-refractivity contribution is -0.124. The lowest BCUT2D eigenvalue weighted by Gasteiger charge is -2.39.